The zero-order valence-corrected chi connectivity index (χ0v) is 18.9. The monoisotopic (exact) mass is 460 g/mol. The first kappa shape index (κ1) is 21.2. The van der Waals surface area contributed by atoms with Crippen LogP contribution in [0.4, 0.5) is 5.69 Å². The van der Waals surface area contributed by atoms with E-state index < -0.39 is 23.9 Å². The SMILES string of the molecule is CCOc1ccc([C@H]2[C@@H](N3C(=O)c4ccccc4C3=O)C(=O)N2c2ccc(Cl)cc2C)cc1. The Kier molecular flexibility index (Phi) is 5.17. The molecule has 5 rings (SSSR count). The highest BCUT2D eigenvalue weighted by atomic mass is 35.5. The molecule has 1 saturated heterocycles. The molecule has 33 heavy (non-hydrogen) atoms. The smallest absolute Gasteiger partial charge is 0.262 e. The summed E-state index contributed by atoms with van der Waals surface area (Å²) < 4.78 is 5.55. The molecule has 2 heterocycles. The van der Waals surface area contributed by atoms with Crippen LogP contribution in [-0.2, 0) is 4.79 Å². The third kappa shape index (κ3) is 3.29. The second-order valence-electron chi connectivity index (χ2n) is 8.06. The highest BCUT2D eigenvalue weighted by Crippen LogP contribution is 2.45. The molecule has 7 heteroatoms. The molecule has 0 N–H and O–H groups in total. The van der Waals surface area contributed by atoms with Crippen LogP contribution in [0.25, 0.3) is 0 Å². The first-order chi connectivity index (χ1) is 15.9. The number of amides is 3. The summed E-state index contributed by atoms with van der Waals surface area (Å²) in [7, 11) is 0. The van der Waals surface area contributed by atoms with Gasteiger partial charge in [0.1, 0.15) is 11.8 Å². The topological polar surface area (TPSA) is 66.9 Å². The number of benzene rings is 3. The number of anilines is 1. The molecular formula is C26H21ClN2O4. The summed E-state index contributed by atoms with van der Waals surface area (Å²) in [6.45, 7) is 4.32. The fraction of sp³-hybridized carbons (Fsp3) is 0.192. The van der Waals surface area contributed by atoms with Crippen molar-refractivity contribution in [2.75, 3.05) is 11.5 Å². The molecule has 2 atom stereocenters. The molecule has 1 fully saturated rings. The van der Waals surface area contributed by atoms with Crippen molar-refractivity contribution in [3.8, 4) is 5.75 Å². The molecule has 0 saturated carbocycles. The number of fused-ring (bicyclic) bond motifs is 1. The van der Waals surface area contributed by atoms with Gasteiger partial charge < -0.3 is 9.64 Å². The predicted octanol–water partition coefficient (Wildman–Crippen LogP) is 4.80. The zero-order valence-electron chi connectivity index (χ0n) is 18.1. The van der Waals surface area contributed by atoms with Crippen LogP contribution in [-0.4, -0.2) is 35.3 Å². The minimum atomic E-state index is -0.939. The number of hydrogen-bond acceptors (Lipinski definition) is 4. The molecule has 6 nitrogen and oxygen atoms in total. The lowest BCUT2D eigenvalue weighted by Crippen LogP contribution is -2.67. The lowest BCUT2D eigenvalue weighted by atomic mass is 9.85. The van der Waals surface area contributed by atoms with Gasteiger partial charge in [-0.05, 0) is 67.4 Å². The van der Waals surface area contributed by atoms with Crippen molar-refractivity contribution >= 4 is 35.0 Å². The molecule has 166 valence electrons. The number of halogens is 1. The van der Waals surface area contributed by atoms with E-state index in [1.54, 1.807) is 47.4 Å². The molecular weight excluding hydrogens is 440 g/mol. The van der Waals surface area contributed by atoms with E-state index >= 15 is 0 Å². The Balaban J connectivity index is 1.58. The fourth-order valence-corrected chi connectivity index (χ4v) is 4.83. The Morgan fingerprint density at radius 1 is 0.848 bits per heavy atom. The quantitative estimate of drug-likeness (QED) is 0.405. The van der Waals surface area contributed by atoms with Crippen molar-refractivity contribution in [1.29, 1.82) is 0 Å². The number of ether oxygens (including phenoxy) is 1. The van der Waals surface area contributed by atoms with E-state index in [1.807, 2.05) is 38.1 Å². The summed E-state index contributed by atoms with van der Waals surface area (Å²) >= 11 is 6.13. The molecule has 3 aromatic rings. The van der Waals surface area contributed by atoms with Gasteiger partial charge in [0.05, 0.1) is 23.8 Å². The van der Waals surface area contributed by atoms with Gasteiger partial charge in [-0.3, -0.25) is 19.3 Å². The van der Waals surface area contributed by atoms with Crippen LogP contribution in [0, 0.1) is 6.92 Å². The average Bonchev–Trinajstić information content (AvgIpc) is 3.05. The first-order valence-corrected chi connectivity index (χ1v) is 11.1. The third-order valence-electron chi connectivity index (χ3n) is 6.12. The van der Waals surface area contributed by atoms with Crippen LogP contribution in [0.3, 0.4) is 0 Å². The van der Waals surface area contributed by atoms with Gasteiger partial charge in [0.2, 0.25) is 0 Å². The Bertz CT molecular complexity index is 1250. The summed E-state index contributed by atoms with van der Waals surface area (Å²) in [6, 6.07) is 17.9. The molecule has 3 amide bonds. The number of nitrogens with zero attached hydrogens (tertiary/aromatic N) is 2. The minimum absolute atomic E-state index is 0.311. The van der Waals surface area contributed by atoms with Gasteiger partial charge >= 0.3 is 0 Å². The van der Waals surface area contributed by atoms with Crippen LogP contribution in [0.2, 0.25) is 5.02 Å². The Morgan fingerprint density at radius 3 is 2.06 bits per heavy atom. The number of β-lactam (4-membered cyclic amide) rings is 1. The van der Waals surface area contributed by atoms with Crippen LogP contribution >= 0.6 is 11.6 Å². The van der Waals surface area contributed by atoms with Gasteiger partial charge in [-0.15, -0.1) is 0 Å². The van der Waals surface area contributed by atoms with E-state index in [1.165, 1.54) is 0 Å². The number of carbonyl (C=O) groups is 3. The molecule has 2 aliphatic heterocycles. The molecule has 0 radical (unpaired) electrons. The number of aryl methyl sites for hydroxylation is 1. The second kappa shape index (κ2) is 8.05. The van der Waals surface area contributed by atoms with Crippen LogP contribution < -0.4 is 9.64 Å². The van der Waals surface area contributed by atoms with Crippen molar-refractivity contribution in [3.63, 3.8) is 0 Å². The lowest BCUT2D eigenvalue weighted by Gasteiger charge is -2.50. The summed E-state index contributed by atoms with van der Waals surface area (Å²) in [4.78, 5) is 42.6. The zero-order chi connectivity index (χ0) is 23.3. The van der Waals surface area contributed by atoms with E-state index in [0.717, 1.165) is 16.0 Å². The normalized spacial score (nSPS) is 19.5. The number of hydrogen-bond donors (Lipinski definition) is 0. The molecule has 0 spiro atoms. The molecule has 2 aliphatic rings. The maximum atomic E-state index is 13.5. The lowest BCUT2D eigenvalue weighted by molar-refractivity contribution is -0.130. The summed E-state index contributed by atoms with van der Waals surface area (Å²) in [6.07, 6.45) is 0. The minimum Gasteiger partial charge on any atom is -0.494 e. The summed E-state index contributed by atoms with van der Waals surface area (Å²) in [5, 5.41) is 0.568. The van der Waals surface area contributed by atoms with Gasteiger partial charge in [-0.1, -0.05) is 35.9 Å². The Hall–Kier alpha value is -3.64. The van der Waals surface area contributed by atoms with E-state index in [4.69, 9.17) is 16.3 Å². The van der Waals surface area contributed by atoms with E-state index in [9.17, 15) is 14.4 Å². The molecule has 0 aromatic heterocycles. The average molecular weight is 461 g/mol. The first-order valence-electron chi connectivity index (χ1n) is 10.7. The number of imide groups is 1. The molecule has 0 bridgehead atoms. The Labute approximate surface area is 196 Å². The van der Waals surface area contributed by atoms with E-state index in [-0.39, 0.29) is 5.91 Å². The van der Waals surface area contributed by atoms with Gasteiger partial charge in [-0.2, -0.15) is 0 Å². The highest BCUT2D eigenvalue weighted by Gasteiger charge is 2.57. The van der Waals surface area contributed by atoms with Crippen molar-refractivity contribution in [1.82, 2.24) is 4.90 Å². The van der Waals surface area contributed by atoms with E-state index in [0.29, 0.717) is 34.2 Å². The molecule has 0 aliphatic carbocycles. The van der Waals surface area contributed by atoms with Gasteiger partial charge in [0.15, 0.2) is 0 Å². The maximum absolute atomic E-state index is 13.5. The largest absolute Gasteiger partial charge is 0.494 e. The third-order valence-corrected chi connectivity index (χ3v) is 6.36. The number of carbonyl (C=O) groups excluding carboxylic acids is 3. The summed E-state index contributed by atoms with van der Waals surface area (Å²) in [5.74, 6) is -0.498. The Morgan fingerprint density at radius 2 is 1.48 bits per heavy atom. The fourth-order valence-electron chi connectivity index (χ4n) is 4.60. The van der Waals surface area contributed by atoms with Crippen molar-refractivity contribution < 1.29 is 19.1 Å². The van der Waals surface area contributed by atoms with Crippen molar-refractivity contribution in [2.24, 2.45) is 0 Å². The van der Waals surface area contributed by atoms with E-state index in [2.05, 4.69) is 0 Å². The number of rotatable bonds is 5. The van der Waals surface area contributed by atoms with Crippen molar-refractivity contribution in [2.45, 2.75) is 25.9 Å². The van der Waals surface area contributed by atoms with Crippen LogP contribution in [0.1, 0.15) is 44.8 Å². The predicted molar refractivity (Wildman–Crippen MR) is 125 cm³/mol. The standard InChI is InChI=1S/C26H21ClN2O4/c1-3-33-18-11-8-16(9-12-18)22-23(26(32)28(22)21-13-10-17(27)14-15(21)2)29-24(30)19-6-4-5-7-20(19)25(29)31/h4-14,22-23H,3H2,1-2H3/t22-,23+/m0/s1. The van der Waals surface area contributed by atoms with Crippen LogP contribution in [0.15, 0.2) is 66.7 Å². The molecule has 0 unspecified atom stereocenters. The maximum Gasteiger partial charge on any atom is 0.262 e. The van der Waals surface area contributed by atoms with Crippen molar-refractivity contribution in [3.05, 3.63) is 94.0 Å². The van der Waals surface area contributed by atoms with Gasteiger partial charge in [0, 0.05) is 10.7 Å². The highest BCUT2D eigenvalue weighted by molar-refractivity contribution is 6.30. The second-order valence-corrected chi connectivity index (χ2v) is 8.49. The van der Waals surface area contributed by atoms with Gasteiger partial charge in [0.25, 0.3) is 17.7 Å². The van der Waals surface area contributed by atoms with Gasteiger partial charge in [-0.25, -0.2) is 0 Å². The van der Waals surface area contributed by atoms with Crippen LogP contribution in [0.5, 0.6) is 5.75 Å². The summed E-state index contributed by atoms with van der Waals surface area (Å²) in [5.41, 5.74) is 2.96. The molecule has 3 aromatic carbocycles.